The van der Waals surface area contributed by atoms with Crippen molar-refractivity contribution in [3.8, 4) is 17.2 Å². The lowest BCUT2D eigenvalue weighted by atomic mass is 9.99. The number of phenols is 3. The second-order valence-electron chi connectivity index (χ2n) is 5.16. The van der Waals surface area contributed by atoms with E-state index in [1.54, 1.807) is 6.07 Å². The Morgan fingerprint density at radius 1 is 1.17 bits per heavy atom. The topological polar surface area (TPSA) is 72.7 Å². The fourth-order valence-corrected chi connectivity index (χ4v) is 2.65. The Morgan fingerprint density at radius 2 is 1.83 bits per heavy atom. The van der Waals surface area contributed by atoms with Gasteiger partial charge in [0.2, 0.25) is 5.75 Å². The van der Waals surface area contributed by atoms with E-state index in [0.29, 0.717) is 24.1 Å². The monoisotopic (exact) mass is 251 g/mol. The first-order chi connectivity index (χ1) is 8.59. The van der Waals surface area contributed by atoms with Gasteiger partial charge in [-0.15, -0.1) is 0 Å². The third kappa shape index (κ3) is 2.70. The van der Waals surface area contributed by atoms with Gasteiger partial charge in [0.1, 0.15) is 0 Å². The van der Waals surface area contributed by atoms with Crippen LogP contribution in [0.4, 0.5) is 0 Å². The van der Waals surface area contributed by atoms with Crippen LogP contribution in [0.25, 0.3) is 0 Å². The number of benzene rings is 1. The molecule has 0 bridgehead atoms. The van der Waals surface area contributed by atoms with Crippen LogP contribution in [0.5, 0.6) is 17.2 Å². The molecule has 0 aliphatic heterocycles. The largest absolute Gasteiger partial charge is 0.504 e. The van der Waals surface area contributed by atoms with E-state index < -0.39 is 5.75 Å². The summed E-state index contributed by atoms with van der Waals surface area (Å²) in [6.45, 7) is 2.66. The molecule has 0 unspecified atom stereocenters. The Kier molecular flexibility index (Phi) is 3.97. The molecule has 4 heteroatoms. The number of hydrogen-bond donors (Lipinski definition) is 4. The van der Waals surface area contributed by atoms with E-state index in [9.17, 15) is 15.3 Å². The van der Waals surface area contributed by atoms with E-state index in [4.69, 9.17) is 0 Å². The van der Waals surface area contributed by atoms with Crippen LogP contribution in [0.1, 0.15) is 38.2 Å². The van der Waals surface area contributed by atoms with Crippen molar-refractivity contribution in [1.82, 2.24) is 5.32 Å². The summed E-state index contributed by atoms with van der Waals surface area (Å²) in [6, 6.07) is 3.42. The van der Waals surface area contributed by atoms with Crippen LogP contribution < -0.4 is 5.32 Å². The Labute approximate surface area is 107 Å². The molecule has 0 radical (unpaired) electrons. The molecule has 4 N–H and O–H groups in total. The van der Waals surface area contributed by atoms with Gasteiger partial charge >= 0.3 is 0 Å². The molecule has 0 aromatic heterocycles. The van der Waals surface area contributed by atoms with Gasteiger partial charge < -0.3 is 20.6 Å². The van der Waals surface area contributed by atoms with Crippen molar-refractivity contribution in [3.63, 3.8) is 0 Å². The van der Waals surface area contributed by atoms with Crippen LogP contribution in [0, 0.1) is 5.92 Å². The molecule has 1 aliphatic carbocycles. The van der Waals surface area contributed by atoms with Gasteiger partial charge in [0.05, 0.1) is 0 Å². The summed E-state index contributed by atoms with van der Waals surface area (Å²) in [6.07, 6.45) is 5.14. The zero-order chi connectivity index (χ0) is 13.1. The molecule has 0 amide bonds. The van der Waals surface area contributed by atoms with Gasteiger partial charge in [-0.05, 0) is 31.7 Å². The smallest absolute Gasteiger partial charge is 0.200 e. The number of hydrogen-bond acceptors (Lipinski definition) is 4. The van der Waals surface area contributed by atoms with Crippen LogP contribution >= 0.6 is 0 Å². The second kappa shape index (κ2) is 5.48. The van der Waals surface area contributed by atoms with Crippen LogP contribution in [0.2, 0.25) is 0 Å². The Hall–Kier alpha value is -1.42. The van der Waals surface area contributed by atoms with Gasteiger partial charge in [-0.25, -0.2) is 0 Å². The Balaban J connectivity index is 1.95. The number of rotatable bonds is 4. The zero-order valence-corrected chi connectivity index (χ0v) is 10.7. The number of nitrogens with one attached hydrogen (secondary N) is 1. The molecular formula is C14H21NO3. The highest BCUT2D eigenvalue weighted by atomic mass is 16.3. The van der Waals surface area contributed by atoms with Crippen LogP contribution in [-0.2, 0) is 6.54 Å². The second-order valence-corrected chi connectivity index (χ2v) is 5.16. The maximum atomic E-state index is 9.71. The molecule has 100 valence electrons. The van der Waals surface area contributed by atoms with Crippen molar-refractivity contribution in [1.29, 1.82) is 0 Å². The molecule has 0 saturated heterocycles. The lowest BCUT2D eigenvalue weighted by Crippen LogP contribution is -2.31. The first-order valence-electron chi connectivity index (χ1n) is 6.55. The van der Waals surface area contributed by atoms with E-state index in [2.05, 4.69) is 12.2 Å². The van der Waals surface area contributed by atoms with E-state index in [1.165, 1.54) is 31.7 Å². The number of phenolic OH excluding ortho intramolecular Hbond substituents is 3. The van der Waals surface area contributed by atoms with Crippen LogP contribution in [0.3, 0.4) is 0 Å². The van der Waals surface area contributed by atoms with E-state index in [0.717, 1.165) is 0 Å². The molecule has 1 fully saturated rings. The highest BCUT2D eigenvalue weighted by Gasteiger charge is 2.21. The first kappa shape index (κ1) is 13.0. The van der Waals surface area contributed by atoms with Crippen molar-refractivity contribution >= 4 is 0 Å². The highest BCUT2D eigenvalue weighted by molar-refractivity contribution is 5.52. The van der Waals surface area contributed by atoms with Gasteiger partial charge in [-0.3, -0.25) is 0 Å². The van der Waals surface area contributed by atoms with Crippen LogP contribution in [-0.4, -0.2) is 21.4 Å². The molecule has 0 spiro atoms. The molecule has 2 rings (SSSR count). The fourth-order valence-electron chi connectivity index (χ4n) is 2.65. The molecular weight excluding hydrogens is 230 g/mol. The molecule has 1 aliphatic rings. The number of aromatic hydroxyl groups is 3. The van der Waals surface area contributed by atoms with Gasteiger partial charge in [0.25, 0.3) is 0 Å². The quantitative estimate of drug-likeness (QED) is 0.620. The van der Waals surface area contributed by atoms with Crippen molar-refractivity contribution in [3.05, 3.63) is 17.7 Å². The third-order valence-electron chi connectivity index (χ3n) is 3.93. The fraction of sp³-hybridized carbons (Fsp3) is 0.571. The molecule has 0 heterocycles. The van der Waals surface area contributed by atoms with Crippen molar-refractivity contribution < 1.29 is 15.3 Å². The molecule has 1 aromatic rings. The predicted octanol–water partition coefficient (Wildman–Crippen LogP) is 2.47. The molecule has 1 aromatic carbocycles. The summed E-state index contributed by atoms with van der Waals surface area (Å²) in [4.78, 5) is 0. The average Bonchev–Trinajstić information content (AvgIpc) is 2.89. The van der Waals surface area contributed by atoms with Gasteiger partial charge in [-0.2, -0.15) is 0 Å². The summed E-state index contributed by atoms with van der Waals surface area (Å²) < 4.78 is 0. The van der Waals surface area contributed by atoms with E-state index >= 15 is 0 Å². The average molecular weight is 251 g/mol. The lowest BCUT2D eigenvalue weighted by Gasteiger charge is -2.20. The molecule has 18 heavy (non-hydrogen) atoms. The Bertz CT molecular complexity index is 414. The normalized spacial score (nSPS) is 18.1. The van der Waals surface area contributed by atoms with Gasteiger partial charge in [-0.1, -0.05) is 18.9 Å². The predicted molar refractivity (Wildman–Crippen MR) is 69.7 cm³/mol. The summed E-state index contributed by atoms with van der Waals surface area (Å²) in [7, 11) is 0. The van der Waals surface area contributed by atoms with Gasteiger partial charge in [0, 0.05) is 18.2 Å². The molecule has 1 atom stereocenters. The molecule has 1 saturated carbocycles. The summed E-state index contributed by atoms with van der Waals surface area (Å²) in [5, 5.41) is 31.8. The SMILES string of the molecule is C[C@H](NCc1ccc(O)c(O)c1O)C1CCCC1. The minimum absolute atomic E-state index is 0.235. The third-order valence-corrected chi connectivity index (χ3v) is 3.93. The zero-order valence-electron chi connectivity index (χ0n) is 10.7. The maximum absolute atomic E-state index is 9.71. The maximum Gasteiger partial charge on any atom is 0.200 e. The summed E-state index contributed by atoms with van der Waals surface area (Å²) in [5.74, 6) is -0.262. The van der Waals surface area contributed by atoms with E-state index in [1.807, 2.05) is 0 Å². The highest BCUT2D eigenvalue weighted by Crippen LogP contribution is 2.37. The van der Waals surface area contributed by atoms with E-state index in [-0.39, 0.29) is 11.5 Å². The summed E-state index contributed by atoms with van der Waals surface area (Å²) >= 11 is 0. The standard InChI is InChI=1S/C14H21NO3/c1-9(10-4-2-3-5-10)15-8-11-6-7-12(16)14(18)13(11)17/h6-7,9-10,15-18H,2-5,8H2,1H3/t9-/m0/s1. The van der Waals surface area contributed by atoms with Crippen LogP contribution in [0.15, 0.2) is 12.1 Å². The van der Waals surface area contributed by atoms with Crippen molar-refractivity contribution in [2.75, 3.05) is 0 Å². The first-order valence-corrected chi connectivity index (χ1v) is 6.55. The molecule has 4 nitrogen and oxygen atoms in total. The van der Waals surface area contributed by atoms with Crippen molar-refractivity contribution in [2.24, 2.45) is 5.92 Å². The summed E-state index contributed by atoms with van der Waals surface area (Å²) in [5.41, 5.74) is 0.607. The lowest BCUT2D eigenvalue weighted by molar-refractivity contribution is 0.355. The Morgan fingerprint density at radius 3 is 2.50 bits per heavy atom. The minimum Gasteiger partial charge on any atom is -0.504 e. The van der Waals surface area contributed by atoms with Crippen molar-refractivity contribution in [2.45, 2.75) is 45.2 Å². The van der Waals surface area contributed by atoms with Gasteiger partial charge in [0.15, 0.2) is 11.5 Å². The minimum atomic E-state index is -0.442.